The van der Waals surface area contributed by atoms with Crippen LogP contribution in [-0.2, 0) is 9.59 Å². The molecular formula is C19H21N3O4. The number of hydrogen-bond donors (Lipinski definition) is 1. The van der Waals surface area contributed by atoms with Crippen molar-refractivity contribution in [3.8, 4) is 0 Å². The molecule has 1 N–H and O–H groups in total. The molecule has 1 unspecified atom stereocenters. The predicted molar refractivity (Wildman–Crippen MR) is 94.0 cm³/mol. The summed E-state index contributed by atoms with van der Waals surface area (Å²) in [5, 5.41) is 2.73. The maximum atomic E-state index is 12.8. The second-order valence-corrected chi connectivity index (χ2v) is 7.17. The van der Waals surface area contributed by atoms with Crippen LogP contribution in [0.1, 0.15) is 46.4 Å². The summed E-state index contributed by atoms with van der Waals surface area (Å²) in [6.45, 7) is 1.85. The standard InChI is InChI=1S/C19H21N3O4/c23-11-12-5-7-21(8-6-12)13-1-3-15-16(9-13)19(26)22(18(15)25)14-2-4-17(24)20-10-14/h1,3,9,11-12,14H,2,4-8,10H2,(H,20,24). The topological polar surface area (TPSA) is 86.8 Å². The maximum Gasteiger partial charge on any atom is 0.261 e. The first-order valence-electron chi connectivity index (χ1n) is 9.07. The Bertz CT molecular complexity index is 773. The highest BCUT2D eigenvalue weighted by molar-refractivity contribution is 6.22. The number of anilines is 1. The fourth-order valence-electron chi connectivity index (χ4n) is 4.01. The van der Waals surface area contributed by atoms with Crippen molar-refractivity contribution < 1.29 is 19.2 Å². The van der Waals surface area contributed by atoms with Crippen molar-refractivity contribution in [3.63, 3.8) is 0 Å². The summed E-state index contributed by atoms with van der Waals surface area (Å²) >= 11 is 0. The first kappa shape index (κ1) is 16.8. The van der Waals surface area contributed by atoms with Crippen molar-refractivity contribution in [2.24, 2.45) is 5.92 Å². The van der Waals surface area contributed by atoms with Crippen LogP contribution in [0.2, 0.25) is 0 Å². The summed E-state index contributed by atoms with van der Waals surface area (Å²) in [7, 11) is 0. The smallest absolute Gasteiger partial charge is 0.261 e. The molecule has 3 aliphatic heterocycles. The fraction of sp³-hybridized carbons (Fsp3) is 0.474. The highest BCUT2D eigenvalue weighted by Gasteiger charge is 2.41. The molecule has 2 fully saturated rings. The van der Waals surface area contributed by atoms with E-state index in [0.717, 1.165) is 37.9 Å². The van der Waals surface area contributed by atoms with Gasteiger partial charge in [0, 0.05) is 37.7 Å². The molecule has 0 bridgehead atoms. The summed E-state index contributed by atoms with van der Waals surface area (Å²) in [6, 6.07) is 5.10. The van der Waals surface area contributed by atoms with Crippen LogP contribution in [0, 0.1) is 5.92 Å². The number of imide groups is 1. The third-order valence-corrected chi connectivity index (χ3v) is 5.60. The van der Waals surface area contributed by atoms with Gasteiger partial charge < -0.3 is 15.0 Å². The number of carbonyl (C=O) groups is 4. The predicted octanol–water partition coefficient (Wildman–Crippen LogP) is 0.977. The van der Waals surface area contributed by atoms with Gasteiger partial charge in [0.15, 0.2) is 0 Å². The van der Waals surface area contributed by atoms with Gasteiger partial charge in [0.2, 0.25) is 5.91 Å². The molecule has 0 spiro atoms. The van der Waals surface area contributed by atoms with E-state index >= 15 is 0 Å². The lowest BCUT2D eigenvalue weighted by atomic mass is 9.97. The average molecular weight is 355 g/mol. The van der Waals surface area contributed by atoms with E-state index in [1.807, 2.05) is 6.07 Å². The summed E-state index contributed by atoms with van der Waals surface area (Å²) < 4.78 is 0. The third-order valence-electron chi connectivity index (χ3n) is 5.60. The van der Waals surface area contributed by atoms with Crippen LogP contribution in [0.15, 0.2) is 18.2 Å². The van der Waals surface area contributed by atoms with Gasteiger partial charge in [-0.25, -0.2) is 0 Å². The molecule has 4 rings (SSSR count). The number of aldehydes is 1. The zero-order valence-electron chi connectivity index (χ0n) is 14.4. The molecule has 0 radical (unpaired) electrons. The van der Waals surface area contributed by atoms with Gasteiger partial charge in [0.25, 0.3) is 11.8 Å². The fourth-order valence-corrected chi connectivity index (χ4v) is 4.01. The SMILES string of the molecule is O=CC1CCN(c2ccc3c(c2)C(=O)N(C2CCC(=O)NC2)C3=O)CC1. The number of benzene rings is 1. The van der Waals surface area contributed by atoms with Crippen LogP contribution >= 0.6 is 0 Å². The lowest BCUT2D eigenvalue weighted by Crippen LogP contribution is -2.50. The zero-order valence-corrected chi connectivity index (χ0v) is 14.4. The van der Waals surface area contributed by atoms with E-state index in [9.17, 15) is 19.2 Å². The molecule has 7 heteroatoms. The van der Waals surface area contributed by atoms with Crippen LogP contribution in [0.25, 0.3) is 0 Å². The molecule has 7 nitrogen and oxygen atoms in total. The lowest BCUT2D eigenvalue weighted by Gasteiger charge is -2.31. The second-order valence-electron chi connectivity index (χ2n) is 7.17. The summed E-state index contributed by atoms with van der Waals surface area (Å²) in [5.41, 5.74) is 1.77. The van der Waals surface area contributed by atoms with Gasteiger partial charge in [-0.1, -0.05) is 0 Å². The third kappa shape index (κ3) is 2.77. The number of fused-ring (bicyclic) bond motifs is 1. The van der Waals surface area contributed by atoms with Gasteiger partial charge in [-0.3, -0.25) is 19.3 Å². The summed E-state index contributed by atoms with van der Waals surface area (Å²) in [6.07, 6.45) is 3.46. The van der Waals surface area contributed by atoms with Gasteiger partial charge in [-0.15, -0.1) is 0 Å². The van der Waals surface area contributed by atoms with Gasteiger partial charge in [-0.05, 0) is 37.5 Å². The number of rotatable bonds is 3. The van der Waals surface area contributed by atoms with Gasteiger partial charge >= 0.3 is 0 Å². The Morgan fingerprint density at radius 2 is 1.73 bits per heavy atom. The van der Waals surface area contributed by atoms with Crippen LogP contribution in [0.4, 0.5) is 5.69 Å². The highest BCUT2D eigenvalue weighted by Crippen LogP contribution is 2.31. The van der Waals surface area contributed by atoms with E-state index in [-0.39, 0.29) is 29.7 Å². The molecule has 0 saturated carbocycles. The minimum absolute atomic E-state index is 0.0427. The Hall–Kier alpha value is -2.70. The molecule has 26 heavy (non-hydrogen) atoms. The molecule has 1 atom stereocenters. The normalized spacial score (nSPS) is 23.8. The minimum atomic E-state index is -0.285. The van der Waals surface area contributed by atoms with E-state index < -0.39 is 0 Å². The van der Waals surface area contributed by atoms with Crippen molar-refractivity contribution in [2.45, 2.75) is 31.7 Å². The van der Waals surface area contributed by atoms with E-state index in [0.29, 0.717) is 30.5 Å². The van der Waals surface area contributed by atoms with Crippen LogP contribution in [0.3, 0.4) is 0 Å². The Labute approximate surface area is 151 Å². The van der Waals surface area contributed by atoms with Crippen molar-refractivity contribution in [2.75, 3.05) is 24.5 Å². The van der Waals surface area contributed by atoms with Crippen LogP contribution in [-0.4, -0.2) is 54.6 Å². The Kier molecular flexibility index (Phi) is 4.22. The minimum Gasteiger partial charge on any atom is -0.371 e. The number of piperidine rings is 2. The number of nitrogens with zero attached hydrogens (tertiary/aromatic N) is 2. The van der Waals surface area contributed by atoms with E-state index in [1.54, 1.807) is 12.1 Å². The van der Waals surface area contributed by atoms with Crippen molar-refractivity contribution in [1.82, 2.24) is 10.2 Å². The molecule has 1 aromatic carbocycles. The molecule has 0 aromatic heterocycles. The van der Waals surface area contributed by atoms with E-state index in [4.69, 9.17) is 0 Å². The summed E-state index contributed by atoms with van der Waals surface area (Å²) in [4.78, 5) is 51.3. The Balaban J connectivity index is 1.55. The molecule has 0 aliphatic carbocycles. The van der Waals surface area contributed by atoms with Gasteiger partial charge in [0.05, 0.1) is 17.2 Å². The zero-order chi connectivity index (χ0) is 18.3. The number of carbonyl (C=O) groups excluding carboxylic acids is 4. The largest absolute Gasteiger partial charge is 0.371 e. The molecular weight excluding hydrogens is 334 g/mol. The molecule has 136 valence electrons. The number of amides is 3. The quantitative estimate of drug-likeness (QED) is 0.645. The first-order chi connectivity index (χ1) is 12.6. The molecule has 1 aromatic rings. The monoisotopic (exact) mass is 355 g/mol. The highest BCUT2D eigenvalue weighted by atomic mass is 16.2. The Morgan fingerprint density at radius 1 is 1.00 bits per heavy atom. The second kappa shape index (κ2) is 6.55. The molecule has 3 heterocycles. The molecule has 3 aliphatic rings. The van der Waals surface area contributed by atoms with Gasteiger partial charge in [-0.2, -0.15) is 0 Å². The van der Waals surface area contributed by atoms with Crippen LogP contribution < -0.4 is 10.2 Å². The van der Waals surface area contributed by atoms with Gasteiger partial charge in [0.1, 0.15) is 6.29 Å². The van der Waals surface area contributed by atoms with Crippen molar-refractivity contribution >= 4 is 29.7 Å². The van der Waals surface area contributed by atoms with E-state index in [1.165, 1.54) is 4.90 Å². The van der Waals surface area contributed by atoms with Crippen LogP contribution in [0.5, 0.6) is 0 Å². The van der Waals surface area contributed by atoms with Crippen molar-refractivity contribution in [3.05, 3.63) is 29.3 Å². The molecule has 3 amide bonds. The Morgan fingerprint density at radius 3 is 2.38 bits per heavy atom. The van der Waals surface area contributed by atoms with E-state index in [2.05, 4.69) is 10.2 Å². The summed E-state index contributed by atoms with van der Waals surface area (Å²) in [5.74, 6) is -0.493. The average Bonchev–Trinajstić information content (AvgIpc) is 2.93. The maximum absolute atomic E-state index is 12.8. The number of hydrogen-bond acceptors (Lipinski definition) is 5. The number of nitrogens with one attached hydrogen (secondary N) is 1. The van der Waals surface area contributed by atoms with Crippen molar-refractivity contribution in [1.29, 1.82) is 0 Å². The lowest BCUT2D eigenvalue weighted by molar-refractivity contribution is -0.123. The first-order valence-corrected chi connectivity index (χ1v) is 9.07. The molecule has 2 saturated heterocycles.